The van der Waals surface area contributed by atoms with E-state index in [2.05, 4.69) is 30.1 Å². The van der Waals surface area contributed by atoms with Crippen LogP contribution in [0.25, 0.3) is 0 Å². The van der Waals surface area contributed by atoms with Gasteiger partial charge >= 0.3 is 11.9 Å². The number of carboxylic acids is 2. The lowest BCUT2D eigenvalue weighted by atomic mass is 10.0. The number of nitrogens with one attached hydrogen (secondary N) is 2. The largest absolute Gasteiger partial charge is 0.478 e. The highest BCUT2D eigenvalue weighted by Crippen LogP contribution is 2.40. The Bertz CT molecular complexity index is 1690. The van der Waals surface area contributed by atoms with Gasteiger partial charge in [0.2, 0.25) is 23.0 Å². The molecule has 2 aromatic rings. The van der Waals surface area contributed by atoms with E-state index in [1.807, 2.05) is 0 Å². The molecule has 2 aliphatic heterocycles. The third-order valence-corrected chi connectivity index (χ3v) is 8.51. The van der Waals surface area contributed by atoms with Crippen LogP contribution in [0.1, 0.15) is 32.5 Å². The van der Waals surface area contributed by atoms with Gasteiger partial charge in [-0.3, -0.25) is 19.3 Å². The average molecular weight is 691 g/mol. The molecule has 19 nitrogen and oxygen atoms in total. The predicted molar refractivity (Wildman–Crippen MR) is 168 cm³/mol. The Morgan fingerprint density at radius 3 is 2.66 bits per heavy atom. The van der Waals surface area contributed by atoms with Crippen molar-refractivity contribution < 1.29 is 43.6 Å². The third kappa shape index (κ3) is 7.99. The molecule has 4 rings (SSSR count). The van der Waals surface area contributed by atoms with E-state index in [1.54, 1.807) is 22.9 Å². The van der Waals surface area contributed by atoms with Crippen molar-refractivity contribution in [2.45, 2.75) is 50.3 Å². The van der Waals surface area contributed by atoms with E-state index in [0.717, 1.165) is 16.4 Å². The number of aromatic nitrogens is 4. The Morgan fingerprint density at radius 2 is 2.02 bits per heavy atom. The summed E-state index contributed by atoms with van der Waals surface area (Å²) < 4.78 is 5.54. The second-order valence-corrected chi connectivity index (χ2v) is 12.4. The molecule has 2 aromatic heterocycles. The summed E-state index contributed by atoms with van der Waals surface area (Å²) in [6.07, 6.45) is 6.99. The van der Waals surface area contributed by atoms with Crippen LogP contribution in [0.5, 0.6) is 0 Å². The van der Waals surface area contributed by atoms with Crippen molar-refractivity contribution in [1.29, 1.82) is 0 Å². The smallest absolute Gasteiger partial charge is 0.352 e. The normalized spacial score (nSPS) is 18.1. The summed E-state index contributed by atoms with van der Waals surface area (Å²) >= 11 is 1.98. The van der Waals surface area contributed by atoms with Crippen LogP contribution in [0.3, 0.4) is 0 Å². The number of nitrogens with zero attached hydrogens (tertiary/aromatic N) is 6. The van der Waals surface area contributed by atoms with Crippen LogP contribution >= 0.6 is 23.3 Å². The molecule has 10 N–H and O–H groups in total. The molecule has 1 saturated heterocycles. The predicted octanol–water partition coefficient (Wildman–Crippen LogP) is -1.36. The number of carbonyl (C=O) groups excluding carboxylic acids is 3. The summed E-state index contributed by atoms with van der Waals surface area (Å²) in [7, 11) is 0. The number of anilines is 3. The number of amides is 3. The highest BCUT2D eigenvalue weighted by atomic mass is 32.2. The number of nitrogens with two attached hydrogens (primary N) is 3. The molecule has 0 aliphatic carbocycles. The third-order valence-electron chi connectivity index (χ3n) is 6.67. The lowest BCUT2D eigenvalue weighted by Gasteiger charge is -2.49. The Hall–Kier alpha value is -5.15. The van der Waals surface area contributed by atoms with E-state index >= 15 is 0 Å². The number of aliphatic carboxylic acids is 2. The summed E-state index contributed by atoms with van der Waals surface area (Å²) in [5, 5.41) is 27.4. The van der Waals surface area contributed by atoms with Gasteiger partial charge in [-0.15, -0.1) is 11.8 Å². The molecule has 2 atom stereocenters. The first-order valence-electron chi connectivity index (χ1n) is 13.9. The summed E-state index contributed by atoms with van der Waals surface area (Å²) in [6.45, 7) is 3.02. The maximum atomic E-state index is 13.2. The zero-order valence-corrected chi connectivity index (χ0v) is 26.7. The van der Waals surface area contributed by atoms with Crippen molar-refractivity contribution in [3.8, 4) is 0 Å². The summed E-state index contributed by atoms with van der Waals surface area (Å²) in [5.41, 5.74) is 15.0. The molecule has 0 aromatic carbocycles. The number of hydrogen-bond donors (Lipinski definition) is 7. The van der Waals surface area contributed by atoms with E-state index in [1.165, 1.54) is 31.9 Å². The Morgan fingerprint density at radius 1 is 1.28 bits per heavy atom. The molecule has 0 unspecified atom stereocenters. The first kappa shape index (κ1) is 34.7. The maximum absolute atomic E-state index is 13.2. The van der Waals surface area contributed by atoms with Gasteiger partial charge in [-0.1, -0.05) is 11.2 Å². The quantitative estimate of drug-likeness (QED) is 0.0521. The molecular formula is C26H32N11O8S2+. The van der Waals surface area contributed by atoms with Gasteiger partial charge in [0.1, 0.15) is 29.9 Å². The standard InChI is InChI=1S/C26H31N11O8S2/c1-26(2,24(43)44)45-34-15(19-33-25(29)47-35-19)20(39)32-16-21(40)37-17(23(41)42)12(10-46-22(16)37)5-4-8-36-9-13(18(28)30-11-36)31-14(38)6-3-7-27/h4-5,9,11,16,22,28H,3,6-8,10,27H2,1-2H3,(H6,29,31,32,33,35,38,39,41,42,43,44)/p+1/b5-4+,34-15-/t16-,22-/m1/s1. The lowest BCUT2D eigenvalue weighted by molar-refractivity contribution is -0.689. The molecule has 47 heavy (non-hydrogen) atoms. The number of hydrogen-bond acceptors (Lipinski definition) is 15. The van der Waals surface area contributed by atoms with Crippen LogP contribution in [0.4, 0.5) is 16.6 Å². The second kappa shape index (κ2) is 14.5. The fourth-order valence-electron chi connectivity index (χ4n) is 4.15. The number of carbonyl (C=O) groups is 5. The zero-order chi connectivity index (χ0) is 34.5. The van der Waals surface area contributed by atoms with Gasteiger partial charge in [-0.2, -0.15) is 9.36 Å². The van der Waals surface area contributed by atoms with Crippen molar-refractivity contribution in [2.75, 3.05) is 29.1 Å². The molecule has 4 heterocycles. The number of nitrogen functional groups attached to an aromatic ring is 2. The van der Waals surface area contributed by atoms with Gasteiger partial charge in [-0.05, 0) is 43.4 Å². The number of thioether (sulfide) groups is 1. The molecule has 1 fully saturated rings. The Balaban J connectivity index is 1.48. The minimum Gasteiger partial charge on any atom is -0.478 e. The monoisotopic (exact) mass is 690 g/mol. The topological polar surface area (TPSA) is 295 Å². The summed E-state index contributed by atoms with van der Waals surface area (Å²) in [4.78, 5) is 76.3. The Labute approximate surface area is 275 Å². The fraction of sp³-hybridized carbons (Fsp3) is 0.385. The number of rotatable bonds is 14. The molecule has 2 aliphatic rings. The van der Waals surface area contributed by atoms with Crippen molar-refractivity contribution >= 4 is 75.3 Å². The van der Waals surface area contributed by atoms with Crippen LogP contribution in [-0.2, 0) is 35.4 Å². The van der Waals surface area contributed by atoms with Crippen LogP contribution < -0.4 is 32.4 Å². The van der Waals surface area contributed by atoms with Crippen LogP contribution in [0.15, 0.2) is 41.1 Å². The zero-order valence-electron chi connectivity index (χ0n) is 25.1. The molecule has 0 spiro atoms. The van der Waals surface area contributed by atoms with E-state index < -0.39 is 46.5 Å². The first-order chi connectivity index (χ1) is 22.2. The second-order valence-electron chi connectivity index (χ2n) is 10.6. The molecule has 0 saturated carbocycles. The number of allylic oxidation sites excluding steroid dienone is 2. The van der Waals surface area contributed by atoms with E-state index in [4.69, 9.17) is 22.0 Å². The number of oxime groups is 1. The average Bonchev–Trinajstić information content (AvgIpc) is 3.45. The van der Waals surface area contributed by atoms with Crippen molar-refractivity contribution in [3.05, 3.63) is 41.8 Å². The number of fused-ring (bicyclic) bond motifs is 1. The highest BCUT2D eigenvalue weighted by Gasteiger charge is 2.54. The van der Waals surface area contributed by atoms with Crippen LogP contribution in [-0.4, -0.2) is 94.1 Å². The van der Waals surface area contributed by atoms with Gasteiger partial charge in [0.25, 0.3) is 24.0 Å². The molecule has 0 bridgehead atoms. The maximum Gasteiger partial charge on any atom is 0.352 e. The van der Waals surface area contributed by atoms with E-state index in [9.17, 15) is 34.2 Å². The van der Waals surface area contributed by atoms with E-state index in [0.29, 0.717) is 24.2 Å². The first-order valence-corrected chi connectivity index (χ1v) is 15.7. The van der Waals surface area contributed by atoms with Gasteiger partial charge in [0, 0.05) is 23.7 Å². The molecule has 250 valence electrons. The van der Waals surface area contributed by atoms with E-state index in [-0.39, 0.29) is 47.1 Å². The summed E-state index contributed by atoms with van der Waals surface area (Å²) in [6, 6.07) is -1.14. The van der Waals surface area contributed by atoms with Gasteiger partial charge in [0.15, 0.2) is 10.8 Å². The Kier molecular flexibility index (Phi) is 10.7. The molecular weight excluding hydrogens is 658 g/mol. The van der Waals surface area contributed by atoms with Gasteiger partial charge in [0.05, 0.1) is 0 Å². The number of carboxylic acid groups (broad SMARTS) is 2. The molecule has 3 amide bonds. The minimum absolute atomic E-state index is 0.000130. The van der Waals surface area contributed by atoms with Crippen molar-refractivity contribution in [1.82, 2.24) is 24.6 Å². The highest BCUT2D eigenvalue weighted by molar-refractivity contribution is 8.00. The SMILES string of the molecule is CC(C)(O/N=C(\C(=O)N[C@@H]1C(=O)N2C(C(=O)O)=C(/C=C/C[n+]3cnc(N)c(NC(=O)CCCN)c3)CS[C@H]12)c1nsc(N)n1)C(=O)O. The molecule has 0 radical (unpaired) electrons. The minimum atomic E-state index is -1.81. The molecule has 21 heteroatoms. The lowest BCUT2D eigenvalue weighted by Crippen LogP contribution is -2.71. The van der Waals surface area contributed by atoms with Gasteiger partial charge in [-0.25, -0.2) is 14.2 Å². The van der Waals surface area contributed by atoms with Crippen LogP contribution in [0, 0.1) is 0 Å². The van der Waals surface area contributed by atoms with Crippen LogP contribution in [0.2, 0.25) is 0 Å². The van der Waals surface area contributed by atoms with Crippen molar-refractivity contribution in [3.63, 3.8) is 0 Å². The van der Waals surface area contributed by atoms with Crippen molar-refractivity contribution in [2.24, 2.45) is 10.9 Å². The summed E-state index contributed by atoms with van der Waals surface area (Å²) in [5.74, 6) is -4.56. The van der Waals surface area contributed by atoms with Gasteiger partial charge < -0.3 is 42.9 Å². The fourth-order valence-corrected chi connectivity index (χ4v) is 5.91. The number of β-lactam (4-membered cyclic amide) rings is 1.